The highest BCUT2D eigenvalue weighted by Gasteiger charge is 2.09. The summed E-state index contributed by atoms with van der Waals surface area (Å²) in [7, 11) is 0. The summed E-state index contributed by atoms with van der Waals surface area (Å²) in [6.07, 6.45) is 8.57. The predicted octanol–water partition coefficient (Wildman–Crippen LogP) is 1.24. The van der Waals surface area contributed by atoms with E-state index >= 15 is 0 Å². The van der Waals surface area contributed by atoms with Gasteiger partial charge in [-0.1, -0.05) is 12.2 Å². The van der Waals surface area contributed by atoms with Crippen LogP contribution in [0.15, 0.2) is 28.4 Å². The first-order chi connectivity index (χ1) is 4.97. The lowest BCUT2D eigenvalue weighted by Crippen LogP contribution is -2.15. The molecule has 0 saturated carbocycles. The molecule has 1 aliphatic heterocycles. The molecular weight excluding hydrogens is 124 g/mol. The van der Waals surface area contributed by atoms with E-state index in [1.165, 1.54) is 5.57 Å². The van der Waals surface area contributed by atoms with Crippen LogP contribution >= 0.6 is 0 Å². The van der Waals surface area contributed by atoms with Crippen LogP contribution in [0.2, 0.25) is 0 Å². The van der Waals surface area contributed by atoms with Crippen LogP contribution in [-0.2, 0) is 0 Å². The zero-order valence-corrected chi connectivity index (χ0v) is 5.75. The van der Waals surface area contributed by atoms with Crippen LogP contribution in [0, 0.1) is 0 Å². The van der Waals surface area contributed by atoms with Gasteiger partial charge in [-0.15, -0.1) is 0 Å². The molecule has 0 atom stereocenters. The molecule has 0 aromatic rings. The summed E-state index contributed by atoms with van der Waals surface area (Å²) >= 11 is 0. The van der Waals surface area contributed by atoms with Crippen LogP contribution in [-0.4, -0.2) is 12.9 Å². The molecule has 0 fully saturated rings. The van der Waals surface area contributed by atoms with E-state index in [0.29, 0.717) is 6.67 Å². The van der Waals surface area contributed by atoms with Crippen molar-refractivity contribution in [3.63, 3.8) is 0 Å². The predicted molar refractivity (Wildman–Crippen MR) is 40.9 cm³/mol. The Labute approximate surface area is 60.3 Å². The number of hydrogen-bond donors (Lipinski definition) is 0. The van der Waals surface area contributed by atoms with Crippen molar-refractivity contribution in [1.82, 2.24) is 5.32 Å². The summed E-state index contributed by atoms with van der Waals surface area (Å²) in [5.41, 5.74) is 2.35. The Morgan fingerprint density at radius 2 is 2.10 bits per heavy atom. The fourth-order valence-electron chi connectivity index (χ4n) is 1.21. The van der Waals surface area contributed by atoms with Crippen molar-refractivity contribution in [2.24, 2.45) is 4.99 Å². The molecule has 0 aromatic heterocycles. The lowest BCUT2D eigenvalue weighted by Gasteiger charge is -2.14. The van der Waals surface area contributed by atoms with Gasteiger partial charge in [0.25, 0.3) is 0 Å². The quantitative estimate of drug-likeness (QED) is 0.475. The van der Waals surface area contributed by atoms with Crippen molar-refractivity contribution >= 4 is 6.21 Å². The van der Waals surface area contributed by atoms with Gasteiger partial charge in [-0.25, -0.2) is 0 Å². The topological polar surface area (TPSA) is 26.5 Å². The van der Waals surface area contributed by atoms with Gasteiger partial charge >= 0.3 is 0 Å². The average Bonchev–Trinajstić information content (AvgIpc) is 2.05. The second-order valence-corrected chi connectivity index (χ2v) is 2.44. The van der Waals surface area contributed by atoms with Gasteiger partial charge in [-0.05, 0) is 12.8 Å². The van der Waals surface area contributed by atoms with E-state index in [4.69, 9.17) is 0 Å². The van der Waals surface area contributed by atoms with E-state index in [0.717, 1.165) is 18.5 Å². The summed E-state index contributed by atoms with van der Waals surface area (Å²) < 4.78 is 0. The maximum atomic E-state index is 4.25. The fourth-order valence-corrected chi connectivity index (χ4v) is 1.21. The zero-order valence-electron chi connectivity index (χ0n) is 5.75. The molecule has 2 nitrogen and oxygen atoms in total. The van der Waals surface area contributed by atoms with E-state index in [2.05, 4.69) is 22.5 Å². The van der Waals surface area contributed by atoms with Gasteiger partial charge in [0.15, 0.2) is 0 Å². The lowest BCUT2D eigenvalue weighted by molar-refractivity contribution is 0.790. The summed E-state index contributed by atoms with van der Waals surface area (Å²) in [6.45, 7) is 0.614. The van der Waals surface area contributed by atoms with E-state index in [1.807, 2.05) is 6.21 Å². The molecule has 0 bridgehead atoms. The Bertz CT molecular complexity index is 223. The number of rotatable bonds is 0. The minimum Gasteiger partial charge on any atom is -0.269 e. The maximum absolute atomic E-state index is 4.25. The first-order valence-electron chi connectivity index (χ1n) is 3.55. The fraction of sp³-hybridized carbons (Fsp3) is 0.375. The SMILES string of the molecule is C1=NC[N]C2=CCCC=C12. The third-order valence-electron chi connectivity index (χ3n) is 1.72. The van der Waals surface area contributed by atoms with Crippen LogP contribution in [0.25, 0.3) is 0 Å². The van der Waals surface area contributed by atoms with Crippen molar-refractivity contribution in [2.45, 2.75) is 12.8 Å². The van der Waals surface area contributed by atoms with Gasteiger partial charge in [0.1, 0.15) is 6.67 Å². The van der Waals surface area contributed by atoms with E-state index < -0.39 is 0 Å². The smallest absolute Gasteiger partial charge is 0.130 e. The number of nitrogens with zero attached hydrogens (tertiary/aromatic N) is 2. The molecule has 0 aromatic carbocycles. The Morgan fingerprint density at radius 1 is 1.20 bits per heavy atom. The molecule has 2 rings (SSSR count). The monoisotopic (exact) mass is 133 g/mol. The molecule has 0 saturated heterocycles. The highest BCUT2D eigenvalue weighted by Crippen LogP contribution is 2.17. The third kappa shape index (κ3) is 0.856. The van der Waals surface area contributed by atoms with Crippen molar-refractivity contribution in [3.8, 4) is 0 Å². The molecule has 0 amide bonds. The molecule has 10 heavy (non-hydrogen) atoms. The molecular formula is C8H9N2. The second kappa shape index (κ2) is 2.29. The minimum absolute atomic E-state index is 0.614. The normalized spacial score (nSPS) is 22.4. The molecule has 2 heteroatoms. The van der Waals surface area contributed by atoms with Crippen molar-refractivity contribution < 1.29 is 0 Å². The van der Waals surface area contributed by atoms with Gasteiger partial charge in [-0.3, -0.25) is 10.3 Å². The van der Waals surface area contributed by atoms with Gasteiger partial charge < -0.3 is 0 Å². The Hall–Kier alpha value is -1.05. The van der Waals surface area contributed by atoms with Gasteiger partial charge in [0.05, 0.1) is 5.70 Å². The van der Waals surface area contributed by atoms with E-state index in [-0.39, 0.29) is 0 Å². The number of allylic oxidation sites excluding steroid dienone is 3. The van der Waals surface area contributed by atoms with E-state index in [9.17, 15) is 0 Å². The third-order valence-corrected chi connectivity index (χ3v) is 1.72. The second-order valence-electron chi connectivity index (χ2n) is 2.44. The summed E-state index contributed by atoms with van der Waals surface area (Å²) in [4.78, 5) is 4.06. The van der Waals surface area contributed by atoms with Gasteiger partial charge in [0.2, 0.25) is 0 Å². The van der Waals surface area contributed by atoms with Crippen LogP contribution in [0.4, 0.5) is 0 Å². The Balaban J connectivity index is 2.33. The van der Waals surface area contributed by atoms with Crippen LogP contribution in [0.5, 0.6) is 0 Å². The van der Waals surface area contributed by atoms with Crippen LogP contribution in [0.1, 0.15) is 12.8 Å². The highest BCUT2D eigenvalue weighted by atomic mass is 15.0. The number of aliphatic imine (C=N–C) groups is 1. The molecule has 1 radical (unpaired) electrons. The largest absolute Gasteiger partial charge is 0.269 e. The summed E-state index contributed by atoms with van der Waals surface area (Å²) in [5, 5.41) is 4.25. The molecule has 1 heterocycles. The maximum Gasteiger partial charge on any atom is 0.130 e. The molecule has 51 valence electrons. The van der Waals surface area contributed by atoms with Crippen LogP contribution in [0.3, 0.4) is 0 Å². The standard InChI is InChI=1S/C8H9N2/c1-2-4-8-7(3-1)5-9-6-10-8/h3-5H,1-2,6H2. The van der Waals surface area contributed by atoms with Gasteiger partial charge in [-0.2, -0.15) is 0 Å². The Morgan fingerprint density at radius 3 is 3.00 bits per heavy atom. The molecule has 0 N–H and O–H groups in total. The van der Waals surface area contributed by atoms with Crippen molar-refractivity contribution in [2.75, 3.05) is 6.67 Å². The minimum atomic E-state index is 0.614. The lowest BCUT2D eigenvalue weighted by atomic mass is 10.0. The average molecular weight is 133 g/mol. The zero-order chi connectivity index (χ0) is 6.81. The molecule has 2 aliphatic rings. The number of fused-ring (bicyclic) bond motifs is 1. The summed E-state index contributed by atoms with van der Waals surface area (Å²) in [6, 6.07) is 0. The molecule has 0 spiro atoms. The van der Waals surface area contributed by atoms with Gasteiger partial charge in [0, 0.05) is 11.8 Å². The van der Waals surface area contributed by atoms with Crippen molar-refractivity contribution in [3.05, 3.63) is 23.4 Å². The molecule has 0 unspecified atom stereocenters. The number of hydrogen-bond acceptors (Lipinski definition) is 1. The molecule has 1 aliphatic carbocycles. The summed E-state index contributed by atoms with van der Waals surface area (Å²) in [5.74, 6) is 0. The Kier molecular flexibility index (Phi) is 1.31. The first kappa shape index (κ1) is 5.71. The van der Waals surface area contributed by atoms with E-state index in [1.54, 1.807) is 0 Å². The first-order valence-corrected chi connectivity index (χ1v) is 3.55. The van der Waals surface area contributed by atoms with Crippen LogP contribution < -0.4 is 5.32 Å². The highest BCUT2D eigenvalue weighted by molar-refractivity contribution is 5.85. The van der Waals surface area contributed by atoms with Crippen molar-refractivity contribution in [1.29, 1.82) is 0 Å².